The number of aryl methyl sites for hydroxylation is 1. The SMILES string of the molecule is Cc1[nH]nc(N)c1C(=O)N(C)C(C)CC(C)C. The first kappa shape index (κ1) is 13.5. The lowest BCUT2D eigenvalue weighted by atomic mass is 10.0. The summed E-state index contributed by atoms with van der Waals surface area (Å²) in [6.07, 6.45) is 0.971. The highest BCUT2D eigenvalue weighted by Gasteiger charge is 2.23. The molecule has 0 aliphatic carbocycles. The van der Waals surface area contributed by atoms with Gasteiger partial charge in [-0.1, -0.05) is 13.8 Å². The van der Waals surface area contributed by atoms with Gasteiger partial charge >= 0.3 is 0 Å². The molecule has 1 unspecified atom stereocenters. The fraction of sp³-hybridized carbons (Fsp3) is 0.667. The molecule has 0 radical (unpaired) electrons. The van der Waals surface area contributed by atoms with E-state index in [1.807, 2.05) is 6.92 Å². The molecule has 96 valence electrons. The van der Waals surface area contributed by atoms with Crippen molar-refractivity contribution in [2.24, 2.45) is 5.92 Å². The molecule has 0 saturated carbocycles. The standard InChI is InChI=1S/C12H22N4O/c1-7(2)6-8(3)16(5)12(17)10-9(4)14-15-11(10)13/h7-8H,6H2,1-5H3,(H3,13,14,15). The molecule has 1 rings (SSSR count). The second-order valence-corrected chi connectivity index (χ2v) is 5.00. The van der Waals surface area contributed by atoms with E-state index in [-0.39, 0.29) is 17.8 Å². The lowest BCUT2D eigenvalue weighted by molar-refractivity contribution is 0.0728. The van der Waals surface area contributed by atoms with Crippen LogP contribution in [0.5, 0.6) is 0 Å². The van der Waals surface area contributed by atoms with E-state index in [0.29, 0.717) is 11.5 Å². The van der Waals surface area contributed by atoms with E-state index in [1.54, 1.807) is 18.9 Å². The molecule has 5 heteroatoms. The predicted octanol–water partition coefficient (Wildman–Crippen LogP) is 1.81. The number of nitrogen functional groups attached to an aromatic ring is 1. The molecule has 1 atom stereocenters. The zero-order valence-corrected chi connectivity index (χ0v) is 11.2. The van der Waals surface area contributed by atoms with Crippen LogP contribution in [0.2, 0.25) is 0 Å². The summed E-state index contributed by atoms with van der Waals surface area (Å²) >= 11 is 0. The first-order chi connectivity index (χ1) is 7.84. The molecule has 0 saturated heterocycles. The van der Waals surface area contributed by atoms with Crippen molar-refractivity contribution < 1.29 is 4.79 Å². The van der Waals surface area contributed by atoms with Gasteiger partial charge in [0.1, 0.15) is 5.56 Å². The Hall–Kier alpha value is -1.52. The van der Waals surface area contributed by atoms with Crippen molar-refractivity contribution in [2.75, 3.05) is 12.8 Å². The fourth-order valence-electron chi connectivity index (χ4n) is 1.93. The number of hydrogen-bond acceptors (Lipinski definition) is 3. The molecule has 1 amide bonds. The Bertz CT molecular complexity index is 378. The summed E-state index contributed by atoms with van der Waals surface area (Å²) in [5, 5.41) is 6.58. The molecule has 17 heavy (non-hydrogen) atoms. The summed E-state index contributed by atoms with van der Waals surface area (Å²) in [6, 6.07) is 0.191. The first-order valence-corrected chi connectivity index (χ1v) is 5.92. The van der Waals surface area contributed by atoms with E-state index in [2.05, 4.69) is 24.0 Å². The van der Waals surface area contributed by atoms with Gasteiger partial charge in [0.25, 0.3) is 5.91 Å². The summed E-state index contributed by atoms with van der Waals surface area (Å²) in [5.41, 5.74) is 6.90. The van der Waals surface area contributed by atoms with Gasteiger partial charge in [-0.3, -0.25) is 9.89 Å². The third kappa shape index (κ3) is 2.99. The van der Waals surface area contributed by atoms with Crippen LogP contribution in [-0.4, -0.2) is 34.1 Å². The maximum Gasteiger partial charge on any atom is 0.259 e. The monoisotopic (exact) mass is 238 g/mol. The summed E-state index contributed by atoms with van der Waals surface area (Å²) in [5.74, 6) is 0.765. The number of H-pyrrole nitrogens is 1. The molecule has 0 aliphatic heterocycles. The lowest BCUT2D eigenvalue weighted by Gasteiger charge is -2.26. The summed E-state index contributed by atoms with van der Waals surface area (Å²) in [7, 11) is 1.81. The molecule has 0 aliphatic rings. The van der Waals surface area contributed by atoms with Crippen LogP contribution in [0.4, 0.5) is 5.82 Å². The van der Waals surface area contributed by atoms with Crippen LogP contribution >= 0.6 is 0 Å². The third-order valence-corrected chi connectivity index (χ3v) is 2.98. The second kappa shape index (κ2) is 5.21. The number of anilines is 1. The molecule has 0 aromatic carbocycles. The minimum atomic E-state index is -0.0677. The van der Waals surface area contributed by atoms with Crippen molar-refractivity contribution in [1.82, 2.24) is 15.1 Å². The van der Waals surface area contributed by atoms with Gasteiger partial charge in [0.05, 0.1) is 0 Å². The number of aromatic nitrogens is 2. The Morgan fingerprint density at radius 1 is 1.47 bits per heavy atom. The molecule has 1 aromatic heterocycles. The number of nitrogens with zero attached hydrogens (tertiary/aromatic N) is 2. The molecular weight excluding hydrogens is 216 g/mol. The Morgan fingerprint density at radius 3 is 2.47 bits per heavy atom. The van der Waals surface area contributed by atoms with Crippen LogP contribution in [-0.2, 0) is 0 Å². The van der Waals surface area contributed by atoms with Crippen LogP contribution in [0.1, 0.15) is 43.2 Å². The minimum Gasteiger partial charge on any atom is -0.382 e. The number of rotatable bonds is 4. The molecule has 1 aromatic rings. The number of nitrogens with one attached hydrogen (secondary N) is 1. The van der Waals surface area contributed by atoms with E-state index in [1.165, 1.54) is 0 Å². The predicted molar refractivity (Wildman–Crippen MR) is 68.7 cm³/mol. The zero-order valence-electron chi connectivity index (χ0n) is 11.2. The smallest absolute Gasteiger partial charge is 0.259 e. The van der Waals surface area contributed by atoms with Gasteiger partial charge in [-0.25, -0.2) is 0 Å². The highest BCUT2D eigenvalue weighted by atomic mass is 16.2. The number of hydrogen-bond donors (Lipinski definition) is 2. The normalized spacial score (nSPS) is 12.8. The van der Waals surface area contributed by atoms with Gasteiger partial charge in [-0.05, 0) is 26.2 Å². The van der Waals surface area contributed by atoms with E-state index in [9.17, 15) is 4.79 Å². The van der Waals surface area contributed by atoms with Gasteiger partial charge in [-0.2, -0.15) is 5.10 Å². The molecule has 0 bridgehead atoms. The molecule has 3 N–H and O–H groups in total. The zero-order chi connectivity index (χ0) is 13.2. The van der Waals surface area contributed by atoms with Gasteiger partial charge in [0, 0.05) is 18.8 Å². The Morgan fingerprint density at radius 2 is 2.06 bits per heavy atom. The van der Waals surface area contributed by atoms with Gasteiger partial charge in [0.2, 0.25) is 0 Å². The summed E-state index contributed by atoms with van der Waals surface area (Å²) < 4.78 is 0. The van der Waals surface area contributed by atoms with E-state index >= 15 is 0 Å². The average Bonchev–Trinajstić information content (AvgIpc) is 2.55. The maximum absolute atomic E-state index is 12.3. The van der Waals surface area contributed by atoms with Crippen LogP contribution in [0, 0.1) is 12.8 Å². The topological polar surface area (TPSA) is 75.0 Å². The number of nitrogens with two attached hydrogens (primary N) is 1. The van der Waals surface area contributed by atoms with Crippen molar-refractivity contribution in [3.63, 3.8) is 0 Å². The maximum atomic E-state index is 12.3. The molecular formula is C12H22N4O. The van der Waals surface area contributed by atoms with Crippen molar-refractivity contribution in [2.45, 2.75) is 40.2 Å². The fourth-order valence-corrected chi connectivity index (χ4v) is 1.93. The largest absolute Gasteiger partial charge is 0.382 e. The van der Waals surface area contributed by atoms with Crippen molar-refractivity contribution in [3.05, 3.63) is 11.3 Å². The van der Waals surface area contributed by atoms with Gasteiger partial charge in [-0.15, -0.1) is 0 Å². The quantitative estimate of drug-likeness (QED) is 0.840. The number of carbonyl (C=O) groups is 1. The molecule has 0 fully saturated rings. The highest BCUT2D eigenvalue weighted by Crippen LogP contribution is 2.18. The molecule has 0 spiro atoms. The van der Waals surface area contributed by atoms with E-state index < -0.39 is 0 Å². The van der Waals surface area contributed by atoms with Crippen LogP contribution in [0.25, 0.3) is 0 Å². The average molecular weight is 238 g/mol. The van der Waals surface area contributed by atoms with Crippen LogP contribution in [0.15, 0.2) is 0 Å². The van der Waals surface area contributed by atoms with Crippen molar-refractivity contribution >= 4 is 11.7 Å². The van der Waals surface area contributed by atoms with Crippen molar-refractivity contribution in [3.8, 4) is 0 Å². The number of aromatic amines is 1. The summed E-state index contributed by atoms with van der Waals surface area (Å²) in [4.78, 5) is 14.0. The number of carbonyl (C=O) groups excluding carboxylic acids is 1. The van der Waals surface area contributed by atoms with Gasteiger partial charge < -0.3 is 10.6 Å². The van der Waals surface area contributed by atoms with Crippen LogP contribution in [0.3, 0.4) is 0 Å². The lowest BCUT2D eigenvalue weighted by Crippen LogP contribution is -2.36. The van der Waals surface area contributed by atoms with Crippen molar-refractivity contribution in [1.29, 1.82) is 0 Å². The van der Waals surface area contributed by atoms with Crippen LogP contribution < -0.4 is 5.73 Å². The Balaban J connectivity index is 2.83. The molecule has 5 nitrogen and oxygen atoms in total. The summed E-state index contributed by atoms with van der Waals surface area (Å²) in [6.45, 7) is 8.14. The second-order valence-electron chi connectivity index (χ2n) is 5.00. The van der Waals surface area contributed by atoms with Gasteiger partial charge in [0.15, 0.2) is 5.82 Å². The number of amides is 1. The molecule has 1 heterocycles. The Labute approximate surface area is 102 Å². The first-order valence-electron chi connectivity index (χ1n) is 5.92. The Kier molecular flexibility index (Phi) is 4.15. The van der Waals surface area contributed by atoms with E-state index in [4.69, 9.17) is 5.73 Å². The highest BCUT2D eigenvalue weighted by molar-refractivity contribution is 5.99. The minimum absolute atomic E-state index is 0.0677. The third-order valence-electron chi connectivity index (χ3n) is 2.98. The van der Waals surface area contributed by atoms with E-state index in [0.717, 1.165) is 12.1 Å².